The summed E-state index contributed by atoms with van der Waals surface area (Å²) < 4.78 is 49.6. The molecule has 0 N–H and O–H groups in total. The van der Waals surface area contributed by atoms with Gasteiger partial charge in [0.1, 0.15) is 0 Å². The molecule has 0 saturated heterocycles. The van der Waals surface area contributed by atoms with Gasteiger partial charge in [0.2, 0.25) is 0 Å². The van der Waals surface area contributed by atoms with Crippen LogP contribution < -0.4 is 0 Å². The topological polar surface area (TPSA) is 0 Å². The van der Waals surface area contributed by atoms with Crippen LogP contribution in [0.4, 0.5) is 15.8 Å². The molecule has 0 rings (SSSR count). The Bertz CT molecular complexity index is 37.1. The fraction of sp³-hybridized carbons (Fsp3) is 0. The van der Waals surface area contributed by atoms with E-state index in [4.69, 9.17) is 0 Å². The van der Waals surface area contributed by atoms with Crippen LogP contribution in [-0.4, -0.2) is 0 Å². The third kappa shape index (κ3) is 422. The quantitative estimate of drug-likeness (QED) is 0.596. The van der Waals surface area contributed by atoms with Gasteiger partial charge < -0.3 is 0 Å². The molecule has 0 fully saturated rings. The summed E-state index contributed by atoms with van der Waals surface area (Å²) in [4.78, 5) is 0. The Morgan fingerprint density at radius 1 is 0.667 bits per heavy atom. The molecular formula is F5W. The second-order valence-electron chi connectivity index (χ2n) is 0.583. The van der Waals surface area contributed by atoms with Gasteiger partial charge in [0.05, 0.1) is 0 Å². The maximum atomic E-state index is 9.92. The van der Waals surface area contributed by atoms with E-state index in [-0.39, 0.29) is 0 Å². The molecule has 0 atom stereocenters. The fourth-order valence-corrected chi connectivity index (χ4v) is 0. The van der Waals surface area contributed by atoms with E-state index in [1.807, 2.05) is 0 Å². The zero-order valence-corrected chi connectivity index (χ0v) is 5.23. The Labute approximate surface area is 34.0 Å². The molecule has 0 radical (unpaired) electrons. The monoisotopic (exact) mass is 279 g/mol. The van der Waals surface area contributed by atoms with Crippen LogP contribution in [0.2, 0.25) is 0 Å². The van der Waals surface area contributed by atoms with E-state index >= 15 is 0 Å². The van der Waals surface area contributed by atoms with Crippen molar-refractivity contribution in [2.45, 2.75) is 0 Å². The molecule has 0 unspecified atom stereocenters. The minimum absolute atomic E-state index is 9.25. The van der Waals surface area contributed by atoms with Gasteiger partial charge in [-0.3, -0.25) is 0 Å². The molecule has 0 bridgehead atoms. The van der Waals surface area contributed by atoms with Gasteiger partial charge in [0, 0.05) is 0 Å². The summed E-state index contributed by atoms with van der Waals surface area (Å²) in [5.74, 6) is 0. The van der Waals surface area contributed by atoms with Crippen molar-refractivity contribution in [2.24, 2.45) is 0 Å². The SMILES string of the molecule is [F][W]([F])([F])([F])[F]. The van der Waals surface area contributed by atoms with Crippen LogP contribution in [0.1, 0.15) is 0 Å². The van der Waals surface area contributed by atoms with Crippen molar-refractivity contribution in [1.29, 1.82) is 0 Å². The number of hydrogen-bond acceptors (Lipinski definition) is 0. The Morgan fingerprint density at radius 2 is 0.667 bits per heavy atom. The van der Waals surface area contributed by atoms with E-state index in [1.165, 1.54) is 0 Å². The Balaban J connectivity index is 3.73. The summed E-state index contributed by atoms with van der Waals surface area (Å²) in [5, 5.41) is 0. The third-order valence-electron chi connectivity index (χ3n) is 0. The van der Waals surface area contributed by atoms with Crippen molar-refractivity contribution < 1.29 is 33.2 Å². The second kappa shape index (κ2) is 0.940. The first-order valence-electron chi connectivity index (χ1n) is 0.772. The summed E-state index contributed by atoms with van der Waals surface area (Å²) in [6, 6.07) is 0. The van der Waals surface area contributed by atoms with Crippen LogP contribution >= 0.6 is 0 Å². The number of halogens is 5. The minimum atomic E-state index is -9.25. The maximum absolute atomic E-state index is 9.92. The van der Waals surface area contributed by atoms with Gasteiger partial charge in [-0.25, -0.2) is 0 Å². The van der Waals surface area contributed by atoms with E-state index in [2.05, 4.69) is 0 Å². The van der Waals surface area contributed by atoms with E-state index in [1.54, 1.807) is 0 Å². The van der Waals surface area contributed by atoms with Gasteiger partial charge in [-0.2, -0.15) is 0 Å². The average molecular weight is 279 g/mol. The van der Waals surface area contributed by atoms with Gasteiger partial charge in [-0.1, -0.05) is 0 Å². The molecule has 6 heteroatoms. The standard InChI is InChI=1S/5FH.W/h5*1H;/q;;;;;+5/p-5. The molecule has 0 aliphatic rings. The first-order chi connectivity index (χ1) is 2.24. The van der Waals surface area contributed by atoms with Gasteiger partial charge in [0.15, 0.2) is 0 Å². The summed E-state index contributed by atoms with van der Waals surface area (Å²) in [6.07, 6.45) is 0. The van der Waals surface area contributed by atoms with Crippen LogP contribution in [0, 0.1) is 0 Å². The van der Waals surface area contributed by atoms with Crippen LogP contribution in [-0.2, 0) is 17.4 Å². The molecule has 0 saturated carbocycles. The van der Waals surface area contributed by atoms with E-state index in [0.29, 0.717) is 0 Å². The Morgan fingerprint density at radius 3 is 0.667 bits per heavy atom. The normalized spacial score (nSPS) is 19.2. The van der Waals surface area contributed by atoms with Crippen LogP contribution in [0.3, 0.4) is 0 Å². The molecule has 0 heterocycles. The number of hydrogen-bond donors (Lipinski definition) is 0. The van der Waals surface area contributed by atoms with Gasteiger partial charge in [-0.15, -0.1) is 0 Å². The summed E-state index contributed by atoms with van der Waals surface area (Å²) in [7, 11) is 0. The molecule has 0 aromatic heterocycles. The van der Waals surface area contributed by atoms with Crippen LogP contribution in [0.15, 0.2) is 0 Å². The van der Waals surface area contributed by atoms with Crippen molar-refractivity contribution in [3.63, 3.8) is 0 Å². The summed E-state index contributed by atoms with van der Waals surface area (Å²) in [5.41, 5.74) is 0. The van der Waals surface area contributed by atoms with Gasteiger partial charge >= 0.3 is 33.2 Å². The van der Waals surface area contributed by atoms with Crippen molar-refractivity contribution >= 4 is 0 Å². The zero-order chi connectivity index (χ0) is 5.45. The first kappa shape index (κ1) is 6.34. The Hall–Kier alpha value is 0.338. The predicted molar refractivity (Wildman–Crippen MR) is 5.54 cm³/mol. The Kier molecular flexibility index (Phi) is 0.993. The summed E-state index contributed by atoms with van der Waals surface area (Å²) >= 11 is -9.25. The third-order valence-corrected chi connectivity index (χ3v) is 0. The second-order valence-corrected chi connectivity index (χ2v) is 4.77. The molecule has 0 aliphatic heterocycles. The molecule has 0 amide bonds. The summed E-state index contributed by atoms with van der Waals surface area (Å²) in [6.45, 7) is 0. The molecule has 0 spiro atoms. The fourth-order valence-electron chi connectivity index (χ4n) is 0. The van der Waals surface area contributed by atoms with E-state index in [9.17, 15) is 15.8 Å². The first-order valence-corrected chi connectivity index (χ1v) is 6.32. The van der Waals surface area contributed by atoms with E-state index < -0.39 is 17.4 Å². The molecule has 41 valence electrons. The van der Waals surface area contributed by atoms with Crippen LogP contribution in [0.25, 0.3) is 0 Å². The van der Waals surface area contributed by atoms with Crippen molar-refractivity contribution in [2.75, 3.05) is 0 Å². The van der Waals surface area contributed by atoms with Crippen molar-refractivity contribution in [3.8, 4) is 0 Å². The molecule has 6 heavy (non-hydrogen) atoms. The molecule has 0 nitrogen and oxygen atoms in total. The van der Waals surface area contributed by atoms with Crippen molar-refractivity contribution in [3.05, 3.63) is 0 Å². The van der Waals surface area contributed by atoms with Crippen LogP contribution in [0.5, 0.6) is 0 Å². The van der Waals surface area contributed by atoms with Gasteiger partial charge in [0.25, 0.3) is 0 Å². The molecule has 0 aromatic rings. The van der Waals surface area contributed by atoms with Crippen molar-refractivity contribution in [1.82, 2.24) is 0 Å². The number of rotatable bonds is 0. The predicted octanol–water partition coefficient (Wildman–Crippen LogP) is 2.10. The van der Waals surface area contributed by atoms with E-state index in [0.717, 1.165) is 0 Å². The molecular weight excluding hydrogens is 279 g/mol. The average Bonchev–Trinajstić information content (AvgIpc) is 0.650. The molecule has 0 aromatic carbocycles. The molecule has 0 aliphatic carbocycles. The zero-order valence-electron chi connectivity index (χ0n) is 2.30. The van der Waals surface area contributed by atoms with Gasteiger partial charge in [-0.05, 0) is 0 Å².